The molecule has 0 N–H and O–H groups in total. The minimum Gasteiger partial charge on any atom is -0.496 e. The highest BCUT2D eigenvalue weighted by molar-refractivity contribution is 5.97. The number of ether oxygens (including phenoxy) is 2. The van der Waals surface area contributed by atoms with Gasteiger partial charge in [-0.2, -0.15) is 0 Å². The standard InChI is InChI=1S/C18H21NO3/c1-12-11-15(13(2)19(12)3)10-9-14-7-6-8-16(21-4)17(14)18(20)22-5/h6-11H,1-5H3/b10-9+. The summed E-state index contributed by atoms with van der Waals surface area (Å²) in [5.74, 6) is 0.105. The van der Waals surface area contributed by atoms with Gasteiger partial charge in [0, 0.05) is 18.4 Å². The zero-order chi connectivity index (χ0) is 16.3. The molecule has 0 spiro atoms. The molecule has 4 heteroatoms. The summed E-state index contributed by atoms with van der Waals surface area (Å²) in [6.45, 7) is 4.13. The molecule has 0 saturated heterocycles. The molecular formula is C18H21NO3. The number of aryl methyl sites for hydroxylation is 1. The SMILES string of the molecule is COC(=O)c1c(/C=C/c2cc(C)n(C)c2C)cccc1OC. The predicted octanol–water partition coefficient (Wildman–Crippen LogP) is 3.61. The molecule has 116 valence electrons. The number of nitrogens with zero attached hydrogens (tertiary/aromatic N) is 1. The van der Waals surface area contributed by atoms with Gasteiger partial charge in [0.2, 0.25) is 0 Å². The van der Waals surface area contributed by atoms with E-state index in [-0.39, 0.29) is 0 Å². The molecule has 0 radical (unpaired) electrons. The zero-order valence-corrected chi connectivity index (χ0v) is 13.6. The monoisotopic (exact) mass is 299 g/mol. The molecule has 0 fully saturated rings. The van der Waals surface area contributed by atoms with E-state index >= 15 is 0 Å². The number of benzene rings is 1. The minimum atomic E-state index is -0.405. The molecule has 1 aromatic heterocycles. The van der Waals surface area contributed by atoms with Gasteiger partial charge < -0.3 is 14.0 Å². The number of hydrogen-bond acceptors (Lipinski definition) is 3. The van der Waals surface area contributed by atoms with Crippen LogP contribution >= 0.6 is 0 Å². The Bertz CT molecular complexity index is 726. The maximum Gasteiger partial charge on any atom is 0.342 e. The molecule has 0 atom stereocenters. The third-order valence-electron chi connectivity index (χ3n) is 3.92. The summed E-state index contributed by atoms with van der Waals surface area (Å²) < 4.78 is 12.3. The third kappa shape index (κ3) is 2.91. The quantitative estimate of drug-likeness (QED) is 0.810. The van der Waals surface area contributed by atoms with Crippen molar-refractivity contribution in [2.45, 2.75) is 13.8 Å². The van der Waals surface area contributed by atoms with E-state index in [0.717, 1.165) is 11.1 Å². The van der Waals surface area contributed by atoms with Gasteiger partial charge in [0.1, 0.15) is 11.3 Å². The Morgan fingerprint density at radius 1 is 1.14 bits per heavy atom. The summed E-state index contributed by atoms with van der Waals surface area (Å²) in [5, 5.41) is 0. The summed E-state index contributed by atoms with van der Waals surface area (Å²) >= 11 is 0. The van der Waals surface area contributed by atoms with E-state index in [9.17, 15) is 4.79 Å². The Balaban J connectivity index is 2.47. The Hall–Kier alpha value is -2.49. The van der Waals surface area contributed by atoms with E-state index < -0.39 is 5.97 Å². The fraction of sp³-hybridized carbons (Fsp3) is 0.278. The van der Waals surface area contributed by atoms with Crippen LogP contribution < -0.4 is 4.74 Å². The summed E-state index contributed by atoms with van der Waals surface area (Å²) in [7, 11) is 4.94. The third-order valence-corrected chi connectivity index (χ3v) is 3.92. The van der Waals surface area contributed by atoms with Crippen LogP contribution in [0.4, 0.5) is 0 Å². The van der Waals surface area contributed by atoms with Gasteiger partial charge in [0.25, 0.3) is 0 Å². The van der Waals surface area contributed by atoms with Gasteiger partial charge >= 0.3 is 5.97 Å². The van der Waals surface area contributed by atoms with Crippen LogP contribution in [0.25, 0.3) is 12.2 Å². The lowest BCUT2D eigenvalue weighted by atomic mass is 10.0. The molecule has 4 nitrogen and oxygen atoms in total. The average Bonchev–Trinajstić information content (AvgIpc) is 2.78. The fourth-order valence-electron chi connectivity index (χ4n) is 2.41. The van der Waals surface area contributed by atoms with Crippen LogP contribution in [0.1, 0.15) is 32.9 Å². The smallest absolute Gasteiger partial charge is 0.342 e. The molecular weight excluding hydrogens is 278 g/mol. The van der Waals surface area contributed by atoms with Crippen molar-refractivity contribution in [3.05, 3.63) is 52.3 Å². The summed E-state index contributed by atoms with van der Waals surface area (Å²) in [6, 6.07) is 7.59. The highest BCUT2D eigenvalue weighted by Gasteiger charge is 2.16. The summed E-state index contributed by atoms with van der Waals surface area (Å²) in [5.41, 5.74) is 4.70. The van der Waals surface area contributed by atoms with Crippen LogP contribution in [0, 0.1) is 13.8 Å². The van der Waals surface area contributed by atoms with E-state index in [2.05, 4.69) is 24.5 Å². The average molecular weight is 299 g/mol. The molecule has 0 aliphatic heterocycles. The minimum absolute atomic E-state index is 0.405. The van der Waals surface area contributed by atoms with Crippen molar-refractivity contribution in [3.63, 3.8) is 0 Å². The van der Waals surface area contributed by atoms with Crippen molar-refractivity contribution in [1.29, 1.82) is 0 Å². The van der Waals surface area contributed by atoms with Gasteiger partial charge in [-0.1, -0.05) is 24.3 Å². The number of esters is 1. The highest BCUT2D eigenvalue weighted by Crippen LogP contribution is 2.25. The van der Waals surface area contributed by atoms with E-state index in [1.807, 2.05) is 31.3 Å². The molecule has 0 aliphatic rings. The van der Waals surface area contributed by atoms with Crippen LogP contribution in [0.3, 0.4) is 0 Å². The maximum atomic E-state index is 12.0. The van der Waals surface area contributed by atoms with Crippen LogP contribution in [-0.4, -0.2) is 24.8 Å². The number of rotatable bonds is 4. The normalized spacial score (nSPS) is 11.0. The molecule has 2 rings (SSSR count). The van der Waals surface area contributed by atoms with E-state index in [1.54, 1.807) is 13.2 Å². The van der Waals surface area contributed by atoms with Crippen LogP contribution in [0.2, 0.25) is 0 Å². The van der Waals surface area contributed by atoms with Crippen molar-refractivity contribution < 1.29 is 14.3 Å². The number of carbonyl (C=O) groups excluding carboxylic acids is 1. The van der Waals surface area contributed by atoms with Crippen LogP contribution in [0.5, 0.6) is 5.75 Å². The second kappa shape index (κ2) is 6.52. The molecule has 1 aromatic carbocycles. The van der Waals surface area contributed by atoms with Gasteiger partial charge in [0.15, 0.2) is 0 Å². The predicted molar refractivity (Wildman–Crippen MR) is 88.1 cm³/mol. The van der Waals surface area contributed by atoms with Gasteiger partial charge in [-0.3, -0.25) is 0 Å². The first-order chi connectivity index (χ1) is 10.5. The van der Waals surface area contributed by atoms with Crippen LogP contribution in [-0.2, 0) is 11.8 Å². The topological polar surface area (TPSA) is 40.5 Å². The first-order valence-corrected chi connectivity index (χ1v) is 7.06. The largest absolute Gasteiger partial charge is 0.496 e. The number of methoxy groups -OCH3 is 2. The van der Waals surface area contributed by atoms with Crippen molar-refractivity contribution in [2.75, 3.05) is 14.2 Å². The summed E-state index contributed by atoms with van der Waals surface area (Å²) in [4.78, 5) is 12.0. The van der Waals surface area contributed by atoms with Gasteiger partial charge in [0.05, 0.1) is 14.2 Å². The first-order valence-electron chi connectivity index (χ1n) is 7.06. The summed E-state index contributed by atoms with van der Waals surface area (Å²) in [6.07, 6.45) is 3.92. The lowest BCUT2D eigenvalue weighted by Gasteiger charge is -2.09. The lowest BCUT2D eigenvalue weighted by molar-refractivity contribution is 0.0597. The van der Waals surface area contributed by atoms with Crippen molar-refractivity contribution in [1.82, 2.24) is 4.57 Å². The van der Waals surface area contributed by atoms with Gasteiger partial charge in [-0.05, 0) is 37.1 Å². The Labute approximate surface area is 131 Å². The lowest BCUT2D eigenvalue weighted by Crippen LogP contribution is -2.06. The molecule has 2 aromatic rings. The molecule has 0 amide bonds. The van der Waals surface area contributed by atoms with E-state index in [1.165, 1.54) is 18.5 Å². The first kappa shape index (κ1) is 15.9. The van der Waals surface area contributed by atoms with Crippen molar-refractivity contribution in [2.24, 2.45) is 7.05 Å². The molecule has 0 bridgehead atoms. The Kier molecular flexibility index (Phi) is 4.71. The van der Waals surface area contributed by atoms with Gasteiger partial charge in [-0.25, -0.2) is 4.79 Å². The van der Waals surface area contributed by atoms with Crippen molar-refractivity contribution in [3.8, 4) is 5.75 Å². The molecule has 1 heterocycles. The Morgan fingerprint density at radius 3 is 2.36 bits per heavy atom. The van der Waals surface area contributed by atoms with Crippen molar-refractivity contribution >= 4 is 18.1 Å². The zero-order valence-electron chi connectivity index (χ0n) is 13.6. The maximum absolute atomic E-state index is 12.0. The molecule has 22 heavy (non-hydrogen) atoms. The van der Waals surface area contributed by atoms with Crippen LogP contribution in [0.15, 0.2) is 24.3 Å². The second-order valence-electron chi connectivity index (χ2n) is 5.13. The molecule has 0 unspecified atom stereocenters. The fourth-order valence-corrected chi connectivity index (χ4v) is 2.41. The number of aromatic nitrogens is 1. The Morgan fingerprint density at radius 2 is 1.82 bits per heavy atom. The van der Waals surface area contributed by atoms with Gasteiger partial charge in [-0.15, -0.1) is 0 Å². The van der Waals surface area contributed by atoms with E-state index in [4.69, 9.17) is 9.47 Å². The van der Waals surface area contributed by atoms with E-state index in [0.29, 0.717) is 11.3 Å². The second-order valence-corrected chi connectivity index (χ2v) is 5.13. The highest BCUT2D eigenvalue weighted by atomic mass is 16.5. The molecule has 0 aliphatic carbocycles. The molecule has 0 saturated carbocycles. The number of hydrogen-bond donors (Lipinski definition) is 0. The number of carbonyl (C=O) groups is 1.